The van der Waals surface area contributed by atoms with Gasteiger partial charge in [0.2, 0.25) is 0 Å². The largest absolute Gasteiger partial charge is 0.481 e. The summed E-state index contributed by atoms with van der Waals surface area (Å²) in [5, 5.41) is 9.00. The van der Waals surface area contributed by atoms with E-state index in [-0.39, 0.29) is 6.42 Å². The zero-order valence-corrected chi connectivity index (χ0v) is 11.6. The maximum atomic E-state index is 11.0. The summed E-state index contributed by atoms with van der Waals surface area (Å²) < 4.78 is 0. The van der Waals surface area contributed by atoms with E-state index in [1.54, 1.807) is 6.08 Å². The maximum absolute atomic E-state index is 11.0. The van der Waals surface area contributed by atoms with Gasteiger partial charge in [-0.15, -0.1) is 0 Å². The molecule has 2 heteroatoms. The molecule has 0 bridgehead atoms. The summed E-state index contributed by atoms with van der Waals surface area (Å²) in [6.45, 7) is 5.80. The lowest BCUT2D eigenvalue weighted by Gasteiger charge is -2.19. The first-order chi connectivity index (χ1) is 9.63. The molecule has 0 fully saturated rings. The summed E-state index contributed by atoms with van der Waals surface area (Å²) >= 11 is 0. The molecule has 102 valence electrons. The average molecular weight is 266 g/mol. The van der Waals surface area contributed by atoms with Crippen molar-refractivity contribution >= 4 is 11.5 Å². The van der Waals surface area contributed by atoms with Gasteiger partial charge in [-0.2, -0.15) is 0 Å². The lowest BCUT2D eigenvalue weighted by Crippen LogP contribution is -2.03. The number of allylic oxidation sites excluding steroid dienone is 6. The molecule has 1 N–H and O–H groups in total. The van der Waals surface area contributed by atoms with Crippen LogP contribution >= 0.6 is 0 Å². The highest BCUT2D eigenvalue weighted by Gasteiger charge is 2.15. The van der Waals surface area contributed by atoms with Crippen LogP contribution in [0.2, 0.25) is 0 Å². The predicted molar refractivity (Wildman–Crippen MR) is 82.3 cm³/mol. The lowest BCUT2D eigenvalue weighted by atomic mass is 9.86. The van der Waals surface area contributed by atoms with Crippen molar-refractivity contribution in [2.75, 3.05) is 0 Å². The molecule has 0 unspecified atom stereocenters. The molecule has 1 aromatic rings. The molecule has 20 heavy (non-hydrogen) atoms. The Bertz CT molecular complexity index is 616. The lowest BCUT2D eigenvalue weighted by molar-refractivity contribution is -0.136. The number of carboxylic acid groups (broad SMARTS) is 1. The van der Waals surface area contributed by atoms with Crippen LogP contribution in [-0.4, -0.2) is 11.1 Å². The van der Waals surface area contributed by atoms with Gasteiger partial charge in [0.05, 0.1) is 6.42 Å². The zero-order chi connectivity index (χ0) is 14.5. The molecular weight excluding hydrogens is 248 g/mol. The van der Waals surface area contributed by atoms with Crippen LogP contribution in [0.25, 0.3) is 5.57 Å². The van der Waals surface area contributed by atoms with Gasteiger partial charge in [0.25, 0.3) is 0 Å². The molecule has 0 radical (unpaired) electrons. The number of rotatable bonds is 4. The molecule has 2 nitrogen and oxygen atoms in total. The van der Waals surface area contributed by atoms with E-state index < -0.39 is 5.97 Å². The topological polar surface area (TPSA) is 37.3 Å². The number of carbonyl (C=O) groups is 1. The smallest absolute Gasteiger partial charge is 0.307 e. The molecule has 0 heterocycles. The summed E-state index contributed by atoms with van der Waals surface area (Å²) in [5.41, 5.74) is 5.31. The van der Waals surface area contributed by atoms with E-state index in [0.717, 1.165) is 34.3 Å². The van der Waals surface area contributed by atoms with Crippen molar-refractivity contribution < 1.29 is 9.90 Å². The van der Waals surface area contributed by atoms with Crippen LogP contribution < -0.4 is 0 Å². The fourth-order valence-electron chi connectivity index (χ4n) is 2.50. The first kappa shape index (κ1) is 14.1. The minimum Gasteiger partial charge on any atom is -0.481 e. The number of carboxylic acids is 1. The van der Waals surface area contributed by atoms with Crippen molar-refractivity contribution in [1.29, 1.82) is 0 Å². The van der Waals surface area contributed by atoms with Crippen molar-refractivity contribution in [2.45, 2.75) is 19.8 Å². The monoisotopic (exact) mass is 266 g/mol. The quantitative estimate of drug-likeness (QED) is 0.878. The van der Waals surface area contributed by atoms with Gasteiger partial charge in [0.1, 0.15) is 0 Å². The van der Waals surface area contributed by atoms with Crippen LogP contribution in [0.5, 0.6) is 0 Å². The Morgan fingerprint density at radius 1 is 1.35 bits per heavy atom. The molecule has 2 rings (SSSR count). The minimum absolute atomic E-state index is 0.0199. The van der Waals surface area contributed by atoms with E-state index >= 15 is 0 Å². The number of benzene rings is 1. The third kappa shape index (κ3) is 2.97. The molecule has 0 spiro atoms. The molecule has 0 saturated carbocycles. The predicted octanol–water partition coefficient (Wildman–Crippen LogP) is 4.38. The molecule has 0 aliphatic heterocycles. The van der Waals surface area contributed by atoms with E-state index in [0.29, 0.717) is 0 Å². The Balaban J connectivity index is 2.50. The van der Waals surface area contributed by atoms with Gasteiger partial charge >= 0.3 is 5.97 Å². The van der Waals surface area contributed by atoms with Crippen molar-refractivity contribution in [3.8, 4) is 0 Å². The van der Waals surface area contributed by atoms with Crippen LogP contribution in [-0.2, 0) is 4.79 Å². The van der Waals surface area contributed by atoms with Gasteiger partial charge in [-0.1, -0.05) is 55.1 Å². The molecule has 1 aliphatic carbocycles. The Morgan fingerprint density at radius 2 is 2.05 bits per heavy atom. The molecule has 0 aromatic heterocycles. The third-order valence-corrected chi connectivity index (χ3v) is 3.52. The first-order valence-corrected chi connectivity index (χ1v) is 6.63. The zero-order valence-electron chi connectivity index (χ0n) is 11.6. The van der Waals surface area contributed by atoms with Gasteiger partial charge in [0, 0.05) is 0 Å². The maximum Gasteiger partial charge on any atom is 0.307 e. The third-order valence-electron chi connectivity index (χ3n) is 3.52. The van der Waals surface area contributed by atoms with Gasteiger partial charge in [-0.3, -0.25) is 4.79 Å². The number of aliphatic carboxylic acids is 1. The van der Waals surface area contributed by atoms with E-state index in [1.807, 2.05) is 25.1 Å². The molecule has 0 atom stereocenters. The van der Waals surface area contributed by atoms with E-state index in [2.05, 4.69) is 30.9 Å². The molecular formula is C18H18O2. The number of hydrogen-bond acceptors (Lipinski definition) is 1. The fourth-order valence-corrected chi connectivity index (χ4v) is 2.50. The highest BCUT2D eigenvalue weighted by Crippen LogP contribution is 2.33. The standard InChI is InChI=1S/C18H18O2/c1-3-14(12-18(19)20)16-10-7-11-17(13(16)2)15-8-5-4-6-9-15/h3-9,11H,1,10,12H2,2H3,(H,19,20)/b16-14-. The average Bonchev–Trinajstić information content (AvgIpc) is 2.46. The van der Waals surface area contributed by atoms with Crippen molar-refractivity contribution in [1.82, 2.24) is 0 Å². The fraction of sp³-hybridized carbons (Fsp3) is 0.167. The molecule has 0 saturated heterocycles. The molecule has 0 amide bonds. The Labute approximate surface area is 119 Å². The molecule has 1 aromatic carbocycles. The van der Waals surface area contributed by atoms with Crippen LogP contribution in [0.15, 0.2) is 71.9 Å². The Hall–Kier alpha value is -2.35. The van der Waals surface area contributed by atoms with Gasteiger partial charge in [-0.25, -0.2) is 0 Å². The van der Waals surface area contributed by atoms with Gasteiger partial charge < -0.3 is 5.11 Å². The number of hydrogen-bond donors (Lipinski definition) is 1. The highest BCUT2D eigenvalue weighted by atomic mass is 16.4. The summed E-state index contributed by atoms with van der Waals surface area (Å²) in [4.78, 5) is 11.0. The van der Waals surface area contributed by atoms with Gasteiger partial charge in [0.15, 0.2) is 0 Å². The van der Waals surface area contributed by atoms with Crippen LogP contribution in [0.4, 0.5) is 0 Å². The summed E-state index contributed by atoms with van der Waals surface area (Å²) in [6, 6.07) is 10.1. The summed E-state index contributed by atoms with van der Waals surface area (Å²) in [5.74, 6) is -0.823. The van der Waals surface area contributed by atoms with Gasteiger partial charge in [-0.05, 0) is 41.2 Å². The van der Waals surface area contributed by atoms with Crippen LogP contribution in [0.1, 0.15) is 25.3 Å². The Kier molecular flexibility index (Phi) is 4.36. The second-order valence-electron chi connectivity index (χ2n) is 4.79. The van der Waals surface area contributed by atoms with Crippen molar-refractivity contribution in [3.63, 3.8) is 0 Å². The van der Waals surface area contributed by atoms with E-state index in [9.17, 15) is 4.79 Å². The summed E-state index contributed by atoms with van der Waals surface area (Å²) in [7, 11) is 0. The van der Waals surface area contributed by atoms with E-state index in [1.165, 1.54) is 0 Å². The SMILES string of the molecule is C=C/C(CC(=O)O)=C1\CC=CC(c2ccccc2)=C1C. The van der Waals surface area contributed by atoms with Crippen LogP contribution in [0, 0.1) is 0 Å². The minimum atomic E-state index is -0.823. The second-order valence-corrected chi connectivity index (χ2v) is 4.79. The first-order valence-electron chi connectivity index (χ1n) is 6.63. The second kappa shape index (κ2) is 6.20. The van der Waals surface area contributed by atoms with Crippen molar-refractivity contribution in [2.24, 2.45) is 0 Å². The van der Waals surface area contributed by atoms with Crippen molar-refractivity contribution in [3.05, 3.63) is 77.4 Å². The summed E-state index contributed by atoms with van der Waals surface area (Å²) in [6.07, 6.45) is 6.63. The molecule has 1 aliphatic rings. The Morgan fingerprint density at radius 3 is 2.65 bits per heavy atom. The van der Waals surface area contributed by atoms with E-state index in [4.69, 9.17) is 5.11 Å². The highest BCUT2D eigenvalue weighted by molar-refractivity contribution is 5.82. The van der Waals surface area contributed by atoms with Crippen LogP contribution in [0.3, 0.4) is 0 Å². The normalized spacial score (nSPS) is 17.1.